The van der Waals surface area contributed by atoms with Crippen molar-refractivity contribution in [2.24, 2.45) is 0 Å². The van der Waals surface area contributed by atoms with Gasteiger partial charge in [-0.1, -0.05) is 13.0 Å². The highest BCUT2D eigenvalue weighted by atomic mass is 79.9. The van der Waals surface area contributed by atoms with Crippen molar-refractivity contribution in [1.29, 1.82) is 0 Å². The zero-order valence-electron chi connectivity index (χ0n) is 11.0. The maximum absolute atomic E-state index is 10.7. The second-order valence-corrected chi connectivity index (χ2v) is 5.49. The number of aliphatic carboxylic acids is 1. The van der Waals surface area contributed by atoms with Crippen molar-refractivity contribution >= 4 is 38.7 Å². The normalized spacial score (nSPS) is 11.5. The summed E-state index contributed by atoms with van der Waals surface area (Å²) in [5.74, 6) is -0.0675. The van der Waals surface area contributed by atoms with Crippen LogP contribution in [0.25, 0.3) is 16.8 Å². The Morgan fingerprint density at radius 3 is 3.00 bits per heavy atom. The van der Waals surface area contributed by atoms with Crippen molar-refractivity contribution in [3.63, 3.8) is 0 Å². The lowest BCUT2D eigenvalue weighted by molar-refractivity contribution is -0.136. The minimum absolute atomic E-state index is 0.0974. The first-order valence-electron chi connectivity index (χ1n) is 6.49. The van der Waals surface area contributed by atoms with Crippen LogP contribution in [0.2, 0.25) is 0 Å². The highest BCUT2D eigenvalue weighted by Gasteiger charge is 2.14. The first kappa shape index (κ1) is 13.2. The van der Waals surface area contributed by atoms with Gasteiger partial charge in [-0.3, -0.25) is 9.20 Å². The summed E-state index contributed by atoms with van der Waals surface area (Å²) in [6.45, 7) is 2.11. The average molecular weight is 336 g/mol. The number of imidazole rings is 2. The molecule has 0 aliphatic carbocycles. The van der Waals surface area contributed by atoms with E-state index in [1.165, 1.54) is 5.56 Å². The van der Waals surface area contributed by atoms with Crippen LogP contribution in [0.4, 0.5) is 0 Å². The topological polar surface area (TPSA) is 70.4 Å². The Bertz CT molecular complexity index is 804. The van der Waals surface area contributed by atoms with Crippen LogP contribution in [0.5, 0.6) is 0 Å². The second kappa shape index (κ2) is 4.94. The molecule has 0 bridgehead atoms. The Labute approximate surface area is 123 Å². The number of fused-ring (bicyclic) bond motifs is 3. The molecule has 0 fully saturated rings. The third-order valence-corrected chi connectivity index (χ3v) is 4.26. The molecule has 3 rings (SSSR count). The number of benzene rings is 1. The Morgan fingerprint density at radius 2 is 2.30 bits per heavy atom. The zero-order valence-corrected chi connectivity index (χ0v) is 12.6. The van der Waals surface area contributed by atoms with Gasteiger partial charge in [0.05, 0.1) is 17.5 Å². The van der Waals surface area contributed by atoms with Gasteiger partial charge >= 0.3 is 5.97 Å². The van der Waals surface area contributed by atoms with Gasteiger partial charge in [0, 0.05) is 12.1 Å². The number of aromatic amines is 1. The number of aromatic nitrogens is 3. The first-order valence-corrected chi connectivity index (χ1v) is 7.28. The van der Waals surface area contributed by atoms with Gasteiger partial charge in [-0.05, 0) is 40.0 Å². The molecule has 0 aliphatic heterocycles. The van der Waals surface area contributed by atoms with Crippen molar-refractivity contribution in [3.05, 3.63) is 34.1 Å². The highest BCUT2D eigenvalue weighted by Crippen LogP contribution is 2.26. The number of hydrogen-bond donors (Lipinski definition) is 2. The van der Waals surface area contributed by atoms with Crippen LogP contribution in [-0.4, -0.2) is 25.4 Å². The minimum atomic E-state index is -0.804. The number of H-pyrrole nitrogens is 1. The summed E-state index contributed by atoms with van der Waals surface area (Å²) in [6, 6.07) is 6.22. The monoisotopic (exact) mass is 335 g/mol. The standard InChI is InChI=1S/C14H14BrN3O2/c1-2-8-3-5-11-10(7-8)17-14-16-9(4-6-12(19)20)13(15)18(11)14/h3,5,7H,2,4,6H2,1H3,(H,16,17)(H,19,20). The van der Waals surface area contributed by atoms with Gasteiger partial charge in [0.1, 0.15) is 4.60 Å². The van der Waals surface area contributed by atoms with E-state index in [-0.39, 0.29) is 6.42 Å². The third kappa shape index (κ3) is 2.10. The summed E-state index contributed by atoms with van der Waals surface area (Å²) in [5.41, 5.74) is 4.07. The van der Waals surface area contributed by atoms with Crippen LogP contribution in [0.3, 0.4) is 0 Å². The van der Waals surface area contributed by atoms with Gasteiger partial charge < -0.3 is 10.1 Å². The molecule has 6 heteroatoms. The van der Waals surface area contributed by atoms with Crippen LogP contribution >= 0.6 is 15.9 Å². The number of nitrogens with one attached hydrogen (secondary N) is 1. The van der Waals surface area contributed by atoms with E-state index >= 15 is 0 Å². The number of carbonyl (C=O) groups is 1. The van der Waals surface area contributed by atoms with Crippen LogP contribution < -0.4 is 0 Å². The maximum Gasteiger partial charge on any atom is 0.303 e. The third-order valence-electron chi connectivity index (χ3n) is 3.42. The lowest BCUT2D eigenvalue weighted by atomic mass is 10.1. The van der Waals surface area contributed by atoms with Gasteiger partial charge in [0.2, 0.25) is 5.78 Å². The van der Waals surface area contributed by atoms with Crippen molar-refractivity contribution in [1.82, 2.24) is 14.4 Å². The van der Waals surface area contributed by atoms with Gasteiger partial charge in [-0.2, -0.15) is 0 Å². The molecule has 104 valence electrons. The lowest BCUT2D eigenvalue weighted by Crippen LogP contribution is -1.98. The van der Waals surface area contributed by atoms with Gasteiger partial charge in [-0.25, -0.2) is 4.98 Å². The molecule has 0 saturated heterocycles. The predicted octanol–water partition coefficient (Wildman–Crippen LogP) is 3.16. The number of nitrogens with zero attached hydrogens (tertiary/aromatic N) is 2. The molecule has 5 nitrogen and oxygen atoms in total. The molecule has 2 aromatic heterocycles. The Morgan fingerprint density at radius 1 is 1.50 bits per heavy atom. The molecule has 3 aromatic rings. The molecule has 20 heavy (non-hydrogen) atoms. The molecule has 0 aliphatic rings. The average Bonchev–Trinajstić information content (AvgIpc) is 2.92. The summed E-state index contributed by atoms with van der Waals surface area (Å²) in [6.07, 6.45) is 1.53. The summed E-state index contributed by atoms with van der Waals surface area (Å²) >= 11 is 3.54. The van der Waals surface area contributed by atoms with Crippen LogP contribution in [0.1, 0.15) is 24.6 Å². The Kier molecular flexibility index (Phi) is 3.25. The number of halogens is 1. The molecule has 0 radical (unpaired) electrons. The summed E-state index contributed by atoms with van der Waals surface area (Å²) in [4.78, 5) is 18.4. The van der Waals surface area contributed by atoms with Crippen LogP contribution in [-0.2, 0) is 17.6 Å². The molecule has 0 atom stereocenters. The van der Waals surface area contributed by atoms with Crippen molar-refractivity contribution in [2.45, 2.75) is 26.2 Å². The van der Waals surface area contributed by atoms with E-state index in [1.54, 1.807) is 0 Å². The van der Waals surface area contributed by atoms with Gasteiger partial charge in [0.15, 0.2) is 0 Å². The molecule has 0 unspecified atom stereocenters. The highest BCUT2D eigenvalue weighted by molar-refractivity contribution is 9.10. The van der Waals surface area contributed by atoms with Crippen molar-refractivity contribution in [3.8, 4) is 0 Å². The van der Waals surface area contributed by atoms with Gasteiger partial charge in [0.25, 0.3) is 0 Å². The van der Waals surface area contributed by atoms with E-state index in [9.17, 15) is 4.79 Å². The fraction of sp³-hybridized carbons (Fsp3) is 0.286. The SMILES string of the molecule is CCc1ccc2c(c1)nc1[nH]c(CCC(=O)O)c(Br)n12. The van der Waals surface area contributed by atoms with E-state index in [0.29, 0.717) is 6.42 Å². The molecule has 0 amide bonds. The van der Waals surface area contributed by atoms with Crippen molar-refractivity contribution < 1.29 is 9.90 Å². The molecule has 2 heterocycles. The molecule has 1 aromatic carbocycles. The van der Waals surface area contributed by atoms with Crippen LogP contribution in [0.15, 0.2) is 22.8 Å². The fourth-order valence-corrected chi connectivity index (χ4v) is 3.00. The molecular formula is C14H14BrN3O2. The fourth-order valence-electron chi connectivity index (χ4n) is 2.35. The van der Waals surface area contributed by atoms with E-state index in [4.69, 9.17) is 5.11 Å². The van der Waals surface area contributed by atoms with E-state index < -0.39 is 5.97 Å². The Balaban J connectivity index is 2.11. The number of carboxylic acids is 1. The number of carboxylic acid groups (broad SMARTS) is 1. The number of rotatable bonds is 4. The zero-order chi connectivity index (χ0) is 14.3. The minimum Gasteiger partial charge on any atom is -0.481 e. The second-order valence-electron chi connectivity index (χ2n) is 4.74. The Hall–Kier alpha value is -1.82. The number of aryl methyl sites for hydroxylation is 2. The van der Waals surface area contributed by atoms with E-state index in [0.717, 1.165) is 33.5 Å². The maximum atomic E-state index is 10.7. The smallest absolute Gasteiger partial charge is 0.303 e. The van der Waals surface area contributed by atoms with E-state index in [1.807, 2.05) is 10.5 Å². The van der Waals surface area contributed by atoms with Crippen molar-refractivity contribution in [2.75, 3.05) is 0 Å². The van der Waals surface area contributed by atoms with Gasteiger partial charge in [-0.15, -0.1) is 0 Å². The predicted molar refractivity (Wildman–Crippen MR) is 80.1 cm³/mol. The summed E-state index contributed by atoms with van der Waals surface area (Å²) < 4.78 is 2.83. The molecule has 0 saturated carbocycles. The summed E-state index contributed by atoms with van der Waals surface area (Å²) in [7, 11) is 0. The van der Waals surface area contributed by atoms with Crippen LogP contribution in [0, 0.1) is 0 Å². The van der Waals surface area contributed by atoms with E-state index in [2.05, 4.69) is 45.0 Å². The lowest BCUT2D eigenvalue weighted by Gasteiger charge is -1.99. The largest absolute Gasteiger partial charge is 0.481 e. The first-order chi connectivity index (χ1) is 9.60. The molecule has 0 spiro atoms. The molecular weight excluding hydrogens is 322 g/mol. The quantitative estimate of drug-likeness (QED) is 0.769. The summed E-state index contributed by atoms with van der Waals surface area (Å²) in [5, 5.41) is 8.77. The molecule has 2 N–H and O–H groups in total. The number of hydrogen-bond acceptors (Lipinski definition) is 2.